The molecular formula is C25H25F4N3O3. The number of hydrogen-bond acceptors (Lipinski definition) is 5. The van der Waals surface area contributed by atoms with Crippen LogP contribution in [0.15, 0.2) is 59.4 Å². The zero-order chi connectivity index (χ0) is 25.4. The van der Waals surface area contributed by atoms with E-state index in [1.807, 2.05) is 24.3 Å². The first-order valence-corrected chi connectivity index (χ1v) is 11.1. The van der Waals surface area contributed by atoms with Crippen LogP contribution in [-0.4, -0.2) is 39.1 Å². The topological polar surface area (TPSA) is 88.3 Å². The number of carboxylic acid groups (broad SMARTS) is 1. The summed E-state index contributed by atoms with van der Waals surface area (Å²) in [6.07, 6.45) is -2.27. The van der Waals surface area contributed by atoms with E-state index < -0.39 is 36.3 Å². The molecule has 1 saturated carbocycles. The first-order valence-electron chi connectivity index (χ1n) is 11.1. The molecule has 2 aromatic carbocycles. The van der Waals surface area contributed by atoms with E-state index in [4.69, 9.17) is 4.52 Å². The van der Waals surface area contributed by atoms with Gasteiger partial charge in [0.25, 0.3) is 0 Å². The average Bonchev–Trinajstić information content (AvgIpc) is 3.40. The number of nitrogens with one attached hydrogen (secondary N) is 1. The normalized spacial score (nSPS) is 17.1. The zero-order valence-electron chi connectivity index (χ0n) is 19.1. The molecule has 1 aromatic heterocycles. The molecule has 186 valence electrons. The fourth-order valence-electron chi connectivity index (χ4n) is 4.28. The number of aromatic nitrogens is 2. The summed E-state index contributed by atoms with van der Waals surface area (Å²) < 4.78 is 60.2. The molecule has 1 aliphatic rings. The van der Waals surface area contributed by atoms with Gasteiger partial charge in [0.15, 0.2) is 5.82 Å². The van der Waals surface area contributed by atoms with Crippen LogP contribution in [0, 0.1) is 0 Å². The third-order valence-corrected chi connectivity index (χ3v) is 6.24. The molecule has 10 heteroatoms. The monoisotopic (exact) mass is 491 g/mol. The highest BCUT2D eigenvalue weighted by Gasteiger charge is 2.49. The lowest BCUT2D eigenvalue weighted by atomic mass is 9.92. The number of hydrogen-bond donors (Lipinski definition) is 2. The molecule has 35 heavy (non-hydrogen) atoms. The van der Waals surface area contributed by atoms with Crippen LogP contribution in [0.1, 0.15) is 56.1 Å². The maximum absolute atomic E-state index is 14.0. The molecule has 1 aliphatic carbocycles. The van der Waals surface area contributed by atoms with Crippen molar-refractivity contribution >= 4 is 5.97 Å². The van der Waals surface area contributed by atoms with Gasteiger partial charge < -0.3 is 9.63 Å². The third kappa shape index (κ3) is 5.53. The molecule has 2 N–H and O–H groups in total. The first-order chi connectivity index (χ1) is 16.4. The van der Waals surface area contributed by atoms with E-state index in [2.05, 4.69) is 15.5 Å². The van der Waals surface area contributed by atoms with E-state index in [-0.39, 0.29) is 11.0 Å². The number of carboxylic acids is 1. The van der Waals surface area contributed by atoms with Gasteiger partial charge in [0.2, 0.25) is 6.39 Å². The molecule has 4 rings (SSSR count). The summed E-state index contributed by atoms with van der Waals surface area (Å²) >= 11 is 0. The Morgan fingerprint density at radius 3 is 2.06 bits per heavy atom. The maximum atomic E-state index is 14.0. The maximum Gasteiger partial charge on any atom is 0.407 e. The number of halogens is 4. The van der Waals surface area contributed by atoms with Crippen LogP contribution in [-0.2, 0) is 10.2 Å². The molecule has 1 fully saturated rings. The number of benzene rings is 2. The van der Waals surface area contributed by atoms with E-state index in [9.17, 15) is 27.5 Å². The summed E-state index contributed by atoms with van der Waals surface area (Å²) in [6.45, 7) is 2.25. The van der Waals surface area contributed by atoms with Gasteiger partial charge in [0.05, 0.1) is 5.41 Å². The fourth-order valence-corrected chi connectivity index (χ4v) is 4.28. The van der Waals surface area contributed by atoms with Crippen molar-refractivity contribution < 1.29 is 32.0 Å². The Bertz CT molecular complexity index is 1150. The van der Waals surface area contributed by atoms with Crippen molar-refractivity contribution in [3.05, 3.63) is 71.9 Å². The van der Waals surface area contributed by atoms with Crippen LogP contribution < -0.4 is 5.32 Å². The second-order valence-electron chi connectivity index (χ2n) is 9.49. The summed E-state index contributed by atoms with van der Waals surface area (Å²) in [5.74, 6) is -0.910. The van der Waals surface area contributed by atoms with Crippen LogP contribution >= 0.6 is 0 Å². The molecule has 0 amide bonds. The number of carbonyl (C=O) groups is 1. The minimum absolute atomic E-state index is 0.158. The number of alkyl halides is 4. The Labute approximate surface area is 199 Å². The van der Waals surface area contributed by atoms with Gasteiger partial charge in [0.1, 0.15) is 17.8 Å². The Hall–Kier alpha value is -3.27. The molecule has 0 radical (unpaired) electrons. The molecule has 1 unspecified atom stereocenters. The van der Waals surface area contributed by atoms with Gasteiger partial charge in [-0.15, -0.1) is 0 Å². The minimum atomic E-state index is -4.77. The smallest absolute Gasteiger partial charge is 0.407 e. The molecule has 0 spiro atoms. The molecule has 0 bridgehead atoms. The van der Waals surface area contributed by atoms with Gasteiger partial charge in [-0.3, -0.25) is 10.1 Å². The lowest BCUT2D eigenvalue weighted by Crippen LogP contribution is -2.47. The van der Waals surface area contributed by atoms with Crippen LogP contribution in [0.3, 0.4) is 0 Å². The van der Waals surface area contributed by atoms with E-state index in [1.165, 1.54) is 18.5 Å². The van der Waals surface area contributed by atoms with Crippen molar-refractivity contribution in [1.29, 1.82) is 0 Å². The van der Waals surface area contributed by atoms with Crippen molar-refractivity contribution in [3.8, 4) is 11.1 Å². The second-order valence-corrected chi connectivity index (χ2v) is 9.49. The molecule has 0 aliphatic heterocycles. The highest BCUT2D eigenvalue weighted by Crippen LogP contribution is 2.52. The van der Waals surface area contributed by atoms with Crippen LogP contribution in [0.2, 0.25) is 0 Å². The van der Waals surface area contributed by atoms with E-state index in [0.717, 1.165) is 37.8 Å². The van der Waals surface area contributed by atoms with Crippen LogP contribution in [0.4, 0.5) is 17.6 Å². The summed E-state index contributed by atoms with van der Waals surface area (Å²) in [7, 11) is 0. The highest BCUT2D eigenvalue weighted by atomic mass is 19.4. The molecule has 6 nitrogen and oxygen atoms in total. The van der Waals surface area contributed by atoms with Crippen molar-refractivity contribution in [2.75, 3.05) is 0 Å². The fraction of sp³-hybridized carbons (Fsp3) is 0.400. The van der Waals surface area contributed by atoms with Crippen molar-refractivity contribution in [3.63, 3.8) is 0 Å². The average molecular weight is 491 g/mol. The summed E-state index contributed by atoms with van der Waals surface area (Å²) in [6, 6.07) is 9.39. The summed E-state index contributed by atoms with van der Waals surface area (Å²) in [5, 5.41) is 15.4. The minimum Gasteiger partial charge on any atom is -0.480 e. The zero-order valence-corrected chi connectivity index (χ0v) is 19.1. The highest BCUT2D eigenvalue weighted by molar-refractivity contribution is 5.73. The van der Waals surface area contributed by atoms with E-state index in [1.54, 1.807) is 12.1 Å². The molecular weight excluding hydrogens is 466 g/mol. The Morgan fingerprint density at radius 1 is 1.06 bits per heavy atom. The molecule has 0 saturated heterocycles. The standard InChI is InChI=1S/C25H25F4N3O3/c1-23(2,26)13-19(21(33)34)31-20(25(27,28)29)17-5-3-15(4-6-17)16-7-9-18(10-8-16)24(11-12-24)22-30-14-35-32-22/h3-10,14,19-20,31H,11-13H2,1-2H3,(H,33,34)/t19?,20-/m0/s1. The summed E-state index contributed by atoms with van der Waals surface area (Å²) in [4.78, 5) is 15.6. The number of aliphatic carboxylic acids is 1. The quantitative estimate of drug-likeness (QED) is 0.379. The molecule has 1 heterocycles. The van der Waals surface area contributed by atoms with Gasteiger partial charge in [-0.2, -0.15) is 18.2 Å². The third-order valence-electron chi connectivity index (χ3n) is 6.24. The Balaban J connectivity index is 1.54. The van der Waals surface area contributed by atoms with Gasteiger partial charge in [-0.25, -0.2) is 4.39 Å². The van der Waals surface area contributed by atoms with Crippen LogP contribution in [0.5, 0.6) is 0 Å². The summed E-state index contributed by atoms with van der Waals surface area (Å²) in [5.41, 5.74) is 0.181. The predicted octanol–water partition coefficient (Wildman–Crippen LogP) is 5.60. The van der Waals surface area contributed by atoms with Crippen molar-refractivity contribution in [2.24, 2.45) is 0 Å². The molecule has 3 aromatic rings. The number of rotatable bonds is 9. The number of nitrogens with zero attached hydrogens (tertiary/aromatic N) is 2. The Morgan fingerprint density at radius 2 is 1.63 bits per heavy atom. The Kier molecular flexibility index (Phi) is 6.44. The van der Waals surface area contributed by atoms with Gasteiger partial charge in [-0.05, 0) is 48.9 Å². The van der Waals surface area contributed by atoms with Gasteiger partial charge >= 0.3 is 12.1 Å². The largest absolute Gasteiger partial charge is 0.480 e. The second kappa shape index (κ2) is 9.07. The predicted molar refractivity (Wildman–Crippen MR) is 119 cm³/mol. The first kappa shape index (κ1) is 24.8. The van der Waals surface area contributed by atoms with Crippen molar-refractivity contribution in [2.45, 2.75) is 62.5 Å². The SMILES string of the molecule is CC(C)(F)CC(N[C@@H](c1ccc(-c2ccc(C3(c4ncon4)CC3)cc2)cc1)C(F)(F)F)C(=O)O. The van der Waals surface area contributed by atoms with E-state index >= 15 is 0 Å². The lowest BCUT2D eigenvalue weighted by molar-refractivity contribution is -0.164. The lowest BCUT2D eigenvalue weighted by Gasteiger charge is -2.28. The van der Waals surface area contributed by atoms with E-state index in [0.29, 0.717) is 11.4 Å². The van der Waals surface area contributed by atoms with Gasteiger partial charge in [-0.1, -0.05) is 53.7 Å². The molecule has 2 atom stereocenters. The van der Waals surface area contributed by atoms with Crippen molar-refractivity contribution in [1.82, 2.24) is 15.5 Å². The van der Waals surface area contributed by atoms with Gasteiger partial charge in [0, 0.05) is 6.42 Å². The van der Waals surface area contributed by atoms with Crippen LogP contribution in [0.25, 0.3) is 11.1 Å².